The van der Waals surface area contributed by atoms with Gasteiger partial charge in [-0.05, 0) is 31.4 Å². The zero-order valence-electron chi connectivity index (χ0n) is 11.4. The van der Waals surface area contributed by atoms with Crippen molar-refractivity contribution in [3.8, 4) is 0 Å². The Labute approximate surface area is 137 Å². The normalized spacial score (nSPS) is 16.6. The third-order valence-corrected chi connectivity index (χ3v) is 5.23. The number of halogens is 2. The predicted molar refractivity (Wildman–Crippen MR) is 84.8 cm³/mol. The van der Waals surface area contributed by atoms with E-state index in [1.54, 1.807) is 0 Å². The number of benzene rings is 1. The Morgan fingerprint density at radius 1 is 1.52 bits per heavy atom. The first-order valence-corrected chi connectivity index (χ1v) is 9.23. The van der Waals surface area contributed by atoms with E-state index in [2.05, 4.69) is 21.2 Å². The van der Waals surface area contributed by atoms with Crippen LogP contribution in [0, 0.1) is 5.92 Å². The van der Waals surface area contributed by atoms with Crippen LogP contribution in [0.25, 0.3) is 0 Å². The zero-order valence-corrected chi connectivity index (χ0v) is 14.6. The molecule has 1 aliphatic rings. The Hall–Kier alpha value is -0.630. The smallest absolute Gasteiger partial charge is 0.253 e. The lowest BCUT2D eigenvalue weighted by molar-refractivity contribution is 0.0937. The summed E-state index contributed by atoms with van der Waals surface area (Å²) >= 11 is 9.19. The molecule has 2 rings (SSSR count). The first-order chi connectivity index (χ1) is 9.68. The lowest BCUT2D eigenvalue weighted by Crippen LogP contribution is -2.33. The predicted octanol–water partition coefficient (Wildman–Crippen LogP) is 2.67. The first kappa shape index (κ1) is 16.7. The fourth-order valence-corrected chi connectivity index (χ4v) is 3.93. The van der Waals surface area contributed by atoms with Gasteiger partial charge in [0.2, 0.25) is 10.0 Å². The fraction of sp³-hybridized carbons (Fsp3) is 0.462. The lowest BCUT2D eigenvalue weighted by atomic mass is 10.1. The summed E-state index contributed by atoms with van der Waals surface area (Å²) in [6.45, 7) is 1.92. The summed E-state index contributed by atoms with van der Waals surface area (Å²) in [7, 11) is -3.99. The maximum atomic E-state index is 12.3. The van der Waals surface area contributed by atoms with Crippen LogP contribution < -0.4 is 10.5 Å². The highest BCUT2D eigenvalue weighted by Gasteiger charge is 2.26. The highest BCUT2D eigenvalue weighted by atomic mass is 79.9. The Bertz CT molecular complexity index is 674. The topological polar surface area (TPSA) is 89.3 Å². The average molecular weight is 396 g/mol. The number of sulfonamides is 1. The van der Waals surface area contributed by atoms with Gasteiger partial charge in [-0.3, -0.25) is 4.79 Å². The Morgan fingerprint density at radius 2 is 2.14 bits per heavy atom. The van der Waals surface area contributed by atoms with Gasteiger partial charge in [0.05, 0.1) is 10.6 Å². The van der Waals surface area contributed by atoms with E-state index in [1.807, 2.05) is 6.92 Å². The number of rotatable bonds is 5. The number of nitrogens with two attached hydrogens (primary N) is 1. The van der Waals surface area contributed by atoms with Gasteiger partial charge in [0, 0.05) is 10.5 Å². The molecular formula is C13H16BrClN2O3S. The van der Waals surface area contributed by atoms with E-state index >= 15 is 0 Å². The van der Waals surface area contributed by atoms with Crippen LogP contribution in [0.2, 0.25) is 5.02 Å². The molecular weight excluding hydrogens is 380 g/mol. The molecule has 1 unspecified atom stereocenters. The van der Waals surface area contributed by atoms with E-state index in [9.17, 15) is 13.2 Å². The van der Waals surface area contributed by atoms with Crippen LogP contribution in [0.3, 0.4) is 0 Å². The average Bonchev–Trinajstić information content (AvgIpc) is 3.13. The van der Waals surface area contributed by atoms with Crippen molar-refractivity contribution in [2.75, 3.05) is 0 Å². The van der Waals surface area contributed by atoms with Crippen LogP contribution in [0.5, 0.6) is 0 Å². The minimum absolute atomic E-state index is 0.0120. The number of carbonyl (C=O) groups excluding carboxylic acids is 1. The molecule has 1 atom stereocenters. The maximum Gasteiger partial charge on any atom is 0.253 e. The molecule has 0 radical (unpaired) electrons. The summed E-state index contributed by atoms with van der Waals surface area (Å²) in [5.41, 5.74) is 0.0951. The minimum atomic E-state index is -3.99. The first-order valence-electron chi connectivity index (χ1n) is 6.51. The van der Waals surface area contributed by atoms with Gasteiger partial charge in [0.1, 0.15) is 4.90 Å². The van der Waals surface area contributed by atoms with E-state index in [4.69, 9.17) is 16.7 Å². The lowest BCUT2D eigenvalue weighted by Gasteiger charge is -2.15. The highest BCUT2D eigenvalue weighted by molar-refractivity contribution is 9.10. The van der Waals surface area contributed by atoms with Crippen molar-refractivity contribution in [1.82, 2.24) is 5.32 Å². The minimum Gasteiger partial charge on any atom is -0.350 e. The molecule has 1 fully saturated rings. The molecule has 8 heteroatoms. The number of amides is 1. The van der Waals surface area contributed by atoms with Gasteiger partial charge in [0.15, 0.2) is 0 Å². The molecule has 0 aliphatic heterocycles. The summed E-state index contributed by atoms with van der Waals surface area (Å²) in [4.78, 5) is 12.0. The molecule has 0 saturated heterocycles. The van der Waals surface area contributed by atoms with Gasteiger partial charge < -0.3 is 5.32 Å². The molecule has 1 aliphatic carbocycles. The summed E-state index contributed by atoms with van der Waals surface area (Å²) in [5.74, 6) is 0.276. The van der Waals surface area contributed by atoms with Gasteiger partial charge in [-0.2, -0.15) is 0 Å². The molecule has 0 heterocycles. The van der Waals surface area contributed by atoms with E-state index < -0.39 is 15.9 Å². The van der Waals surface area contributed by atoms with Gasteiger partial charge in [0.25, 0.3) is 5.91 Å². The van der Waals surface area contributed by atoms with Crippen LogP contribution in [-0.2, 0) is 10.0 Å². The number of nitrogens with one attached hydrogen (secondary N) is 1. The largest absolute Gasteiger partial charge is 0.350 e. The highest BCUT2D eigenvalue weighted by Crippen LogP contribution is 2.34. The molecule has 5 nitrogen and oxygen atoms in total. The second-order valence-corrected chi connectivity index (χ2v) is 8.19. The second-order valence-electron chi connectivity index (χ2n) is 5.36. The van der Waals surface area contributed by atoms with E-state index in [1.165, 1.54) is 25.0 Å². The monoisotopic (exact) mass is 394 g/mol. The van der Waals surface area contributed by atoms with E-state index in [0.29, 0.717) is 10.4 Å². The standard InChI is InChI=1S/C13H16BrClN2O3S/c1-7(4-8-2-3-8)17-13(18)10-5-9(14)6-11(12(10)15)21(16,19)20/h5-8H,2-4H2,1H3,(H,17,18)(H2,16,19,20). The fourth-order valence-electron chi connectivity index (χ4n) is 2.15. The number of carbonyl (C=O) groups is 1. The summed E-state index contributed by atoms with van der Waals surface area (Å²) in [6, 6.07) is 2.77. The van der Waals surface area contributed by atoms with Crippen LogP contribution >= 0.6 is 27.5 Å². The number of primary sulfonamides is 1. The molecule has 1 saturated carbocycles. The Balaban J connectivity index is 2.25. The van der Waals surface area contributed by atoms with Crippen molar-refractivity contribution < 1.29 is 13.2 Å². The number of hydrogen-bond donors (Lipinski definition) is 2. The molecule has 1 aromatic rings. The summed E-state index contributed by atoms with van der Waals surface area (Å²) in [5, 5.41) is 7.78. The summed E-state index contributed by atoms with van der Waals surface area (Å²) in [6.07, 6.45) is 3.32. The van der Waals surface area contributed by atoms with Crippen molar-refractivity contribution in [3.63, 3.8) is 0 Å². The van der Waals surface area contributed by atoms with E-state index in [0.717, 1.165) is 6.42 Å². The molecule has 1 amide bonds. The molecule has 116 valence electrons. The van der Waals surface area contributed by atoms with Crippen LogP contribution in [0.15, 0.2) is 21.5 Å². The third-order valence-electron chi connectivity index (χ3n) is 3.32. The Kier molecular flexibility index (Phi) is 4.97. The van der Waals surface area contributed by atoms with Gasteiger partial charge in [-0.15, -0.1) is 0 Å². The third kappa shape index (κ3) is 4.42. The Morgan fingerprint density at radius 3 is 2.67 bits per heavy atom. The molecule has 1 aromatic carbocycles. The van der Waals surface area contributed by atoms with Crippen molar-refractivity contribution in [3.05, 3.63) is 27.2 Å². The van der Waals surface area contributed by atoms with Crippen LogP contribution in [0.1, 0.15) is 36.5 Å². The van der Waals surface area contributed by atoms with Crippen LogP contribution in [0.4, 0.5) is 0 Å². The SMILES string of the molecule is CC(CC1CC1)NC(=O)c1cc(Br)cc(S(N)(=O)=O)c1Cl. The zero-order chi connectivity index (χ0) is 15.8. The molecule has 0 bridgehead atoms. The molecule has 21 heavy (non-hydrogen) atoms. The number of hydrogen-bond acceptors (Lipinski definition) is 3. The van der Waals surface area contributed by atoms with Gasteiger partial charge in [-0.25, -0.2) is 13.6 Å². The second kappa shape index (κ2) is 6.24. The van der Waals surface area contributed by atoms with Crippen molar-refractivity contribution in [2.45, 2.75) is 37.1 Å². The summed E-state index contributed by atoms with van der Waals surface area (Å²) < 4.78 is 23.4. The molecule has 0 aromatic heterocycles. The quantitative estimate of drug-likeness (QED) is 0.803. The van der Waals surface area contributed by atoms with Crippen LogP contribution in [-0.4, -0.2) is 20.4 Å². The van der Waals surface area contributed by atoms with Gasteiger partial charge in [-0.1, -0.05) is 40.4 Å². The van der Waals surface area contributed by atoms with E-state index in [-0.39, 0.29) is 21.5 Å². The molecule has 0 spiro atoms. The van der Waals surface area contributed by atoms with Crippen molar-refractivity contribution >= 4 is 43.5 Å². The maximum absolute atomic E-state index is 12.3. The van der Waals surface area contributed by atoms with Crippen molar-refractivity contribution in [2.24, 2.45) is 11.1 Å². The molecule has 3 N–H and O–H groups in total. The van der Waals surface area contributed by atoms with Gasteiger partial charge >= 0.3 is 0 Å². The van der Waals surface area contributed by atoms with Crippen molar-refractivity contribution in [1.29, 1.82) is 0 Å².